The van der Waals surface area contributed by atoms with Crippen molar-refractivity contribution in [1.82, 2.24) is 4.90 Å². The zero-order valence-corrected chi connectivity index (χ0v) is 19.1. The van der Waals surface area contributed by atoms with E-state index in [1.165, 1.54) is 16.7 Å². The Labute approximate surface area is 196 Å². The topological polar surface area (TPSA) is 75.7 Å². The average Bonchev–Trinajstić information content (AvgIpc) is 3.06. The van der Waals surface area contributed by atoms with Crippen LogP contribution in [0.1, 0.15) is 29.3 Å². The van der Waals surface area contributed by atoms with E-state index in [0.717, 1.165) is 5.56 Å². The first kappa shape index (κ1) is 23.4. The number of nitrogens with zero attached hydrogens (tertiary/aromatic N) is 1. The van der Waals surface area contributed by atoms with E-state index in [1.54, 1.807) is 37.3 Å². The second kappa shape index (κ2) is 11.4. The summed E-state index contributed by atoms with van der Waals surface area (Å²) >= 11 is 6.53. The van der Waals surface area contributed by atoms with Crippen LogP contribution in [0.4, 0.5) is 5.69 Å². The number of hydrogen-bond acceptors (Lipinski definition) is 6. The quantitative estimate of drug-likeness (QED) is 0.347. The molecule has 0 atom stereocenters. The minimum Gasteiger partial charge on any atom is -0.462 e. The summed E-state index contributed by atoms with van der Waals surface area (Å²) in [5.41, 5.74) is 2.00. The van der Waals surface area contributed by atoms with Crippen molar-refractivity contribution < 1.29 is 19.1 Å². The molecular formula is C24H22N2O4S2. The van der Waals surface area contributed by atoms with Crippen LogP contribution in [-0.2, 0) is 14.3 Å². The van der Waals surface area contributed by atoms with Crippen molar-refractivity contribution in [3.8, 4) is 0 Å². The van der Waals surface area contributed by atoms with Gasteiger partial charge in [0, 0.05) is 18.7 Å². The van der Waals surface area contributed by atoms with E-state index in [0.29, 0.717) is 27.1 Å². The number of benzene rings is 2. The summed E-state index contributed by atoms with van der Waals surface area (Å²) in [6, 6.07) is 16.2. The van der Waals surface area contributed by atoms with Crippen LogP contribution >= 0.6 is 24.0 Å². The van der Waals surface area contributed by atoms with Gasteiger partial charge in [-0.3, -0.25) is 14.5 Å². The molecule has 0 unspecified atom stereocenters. The molecule has 2 aromatic rings. The van der Waals surface area contributed by atoms with Gasteiger partial charge in [0.1, 0.15) is 4.32 Å². The minimum atomic E-state index is -0.411. The monoisotopic (exact) mass is 466 g/mol. The lowest BCUT2D eigenvalue weighted by Crippen LogP contribution is -2.31. The van der Waals surface area contributed by atoms with Crippen molar-refractivity contribution in [2.45, 2.75) is 13.3 Å². The number of esters is 1. The molecule has 8 heteroatoms. The Balaban J connectivity index is 1.51. The number of allylic oxidation sites excluding steroid dienone is 2. The predicted molar refractivity (Wildman–Crippen MR) is 131 cm³/mol. The largest absolute Gasteiger partial charge is 0.462 e. The standard InChI is InChI=1S/C24H22N2O4S2/c1-2-30-23(29)18-11-13-19(14-12-18)25-21(27)15-16-26-22(28)20(32-24(26)31)10-6-9-17-7-4-3-5-8-17/h3-14H,2,15-16H2,1H3,(H,25,27). The zero-order chi connectivity index (χ0) is 22.9. The second-order valence-corrected chi connectivity index (χ2v) is 8.40. The lowest BCUT2D eigenvalue weighted by atomic mass is 10.2. The first-order valence-electron chi connectivity index (χ1n) is 10.0. The Kier molecular flexibility index (Phi) is 8.35. The van der Waals surface area contributed by atoms with Crippen LogP contribution in [0.15, 0.2) is 71.7 Å². The molecule has 0 bridgehead atoms. The Morgan fingerprint density at radius 3 is 2.53 bits per heavy atom. The molecule has 3 rings (SSSR count). The maximum absolute atomic E-state index is 12.6. The van der Waals surface area contributed by atoms with Crippen LogP contribution in [0.3, 0.4) is 0 Å². The Morgan fingerprint density at radius 2 is 1.84 bits per heavy atom. The van der Waals surface area contributed by atoms with E-state index >= 15 is 0 Å². The number of carbonyl (C=O) groups excluding carboxylic acids is 3. The fourth-order valence-corrected chi connectivity index (χ4v) is 4.12. The number of rotatable bonds is 8. The Morgan fingerprint density at radius 1 is 1.12 bits per heavy atom. The van der Waals surface area contributed by atoms with Gasteiger partial charge in [-0.05, 0) is 42.8 Å². The fourth-order valence-electron chi connectivity index (χ4n) is 2.86. The van der Waals surface area contributed by atoms with Gasteiger partial charge in [-0.15, -0.1) is 0 Å². The molecule has 2 aromatic carbocycles. The van der Waals surface area contributed by atoms with Gasteiger partial charge in [-0.2, -0.15) is 0 Å². The van der Waals surface area contributed by atoms with E-state index in [4.69, 9.17) is 17.0 Å². The van der Waals surface area contributed by atoms with Crippen molar-refractivity contribution in [1.29, 1.82) is 0 Å². The van der Waals surface area contributed by atoms with Crippen LogP contribution in [0, 0.1) is 0 Å². The molecule has 0 saturated carbocycles. The van der Waals surface area contributed by atoms with Crippen molar-refractivity contribution >= 4 is 57.8 Å². The zero-order valence-electron chi connectivity index (χ0n) is 17.4. The maximum Gasteiger partial charge on any atom is 0.338 e. The third kappa shape index (κ3) is 6.38. The third-order valence-corrected chi connectivity index (χ3v) is 5.85. The van der Waals surface area contributed by atoms with Crippen molar-refractivity contribution in [2.24, 2.45) is 0 Å². The van der Waals surface area contributed by atoms with Crippen LogP contribution in [0.2, 0.25) is 0 Å². The van der Waals surface area contributed by atoms with E-state index in [1.807, 2.05) is 42.5 Å². The Hall–Kier alpha value is -3.23. The van der Waals surface area contributed by atoms with Crippen molar-refractivity contribution in [3.63, 3.8) is 0 Å². The van der Waals surface area contributed by atoms with Crippen LogP contribution < -0.4 is 5.32 Å². The molecule has 1 fully saturated rings. The number of carbonyl (C=O) groups is 3. The molecule has 164 valence electrons. The van der Waals surface area contributed by atoms with Gasteiger partial charge < -0.3 is 10.1 Å². The van der Waals surface area contributed by atoms with E-state index in [2.05, 4.69) is 5.32 Å². The lowest BCUT2D eigenvalue weighted by molar-refractivity contribution is -0.122. The highest BCUT2D eigenvalue weighted by atomic mass is 32.2. The summed E-state index contributed by atoms with van der Waals surface area (Å²) in [5.74, 6) is -0.869. The molecule has 1 saturated heterocycles. The number of thiocarbonyl (C=S) groups is 1. The third-order valence-electron chi connectivity index (χ3n) is 4.45. The van der Waals surface area contributed by atoms with Gasteiger partial charge >= 0.3 is 5.97 Å². The molecule has 1 heterocycles. The summed E-state index contributed by atoms with van der Waals surface area (Å²) < 4.78 is 5.36. The van der Waals surface area contributed by atoms with Gasteiger partial charge in [-0.1, -0.05) is 66.5 Å². The lowest BCUT2D eigenvalue weighted by Gasteiger charge is -2.14. The molecule has 6 nitrogen and oxygen atoms in total. The van der Waals surface area contributed by atoms with E-state index < -0.39 is 5.97 Å². The van der Waals surface area contributed by atoms with Crippen LogP contribution in [0.25, 0.3) is 6.08 Å². The summed E-state index contributed by atoms with van der Waals surface area (Å²) in [7, 11) is 0. The smallest absolute Gasteiger partial charge is 0.338 e. The number of amides is 2. The molecule has 1 aliphatic heterocycles. The summed E-state index contributed by atoms with van der Waals surface area (Å²) in [6.07, 6.45) is 5.55. The SMILES string of the molecule is CCOC(=O)c1ccc(NC(=O)CCN2C(=O)C(=CC=Cc3ccccc3)SC2=S)cc1. The molecule has 1 aliphatic rings. The molecular weight excluding hydrogens is 444 g/mol. The minimum absolute atomic E-state index is 0.0964. The fraction of sp³-hybridized carbons (Fsp3) is 0.167. The van der Waals surface area contributed by atoms with Gasteiger partial charge in [0.25, 0.3) is 5.91 Å². The second-order valence-electron chi connectivity index (χ2n) is 6.72. The molecule has 0 spiro atoms. The molecule has 2 amide bonds. The highest BCUT2D eigenvalue weighted by molar-refractivity contribution is 8.26. The molecule has 0 radical (unpaired) electrons. The summed E-state index contributed by atoms with van der Waals surface area (Å²) in [4.78, 5) is 38.6. The van der Waals surface area contributed by atoms with Gasteiger partial charge in [0.2, 0.25) is 5.91 Å². The summed E-state index contributed by atoms with van der Waals surface area (Å²) in [5, 5.41) is 2.75. The number of hydrogen-bond donors (Lipinski definition) is 1. The van der Waals surface area contributed by atoms with Crippen molar-refractivity contribution in [3.05, 3.63) is 82.8 Å². The Bertz CT molecular complexity index is 1060. The van der Waals surface area contributed by atoms with Gasteiger partial charge in [-0.25, -0.2) is 4.79 Å². The molecule has 32 heavy (non-hydrogen) atoms. The van der Waals surface area contributed by atoms with E-state index in [9.17, 15) is 14.4 Å². The molecule has 0 aliphatic carbocycles. The van der Waals surface area contributed by atoms with Crippen molar-refractivity contribution in [2.75, 3.05) is 18.5 Å². The maximum atomic E-state index is 12.6. The van der Waals surface area contributed by atoms with Gasteiger partial charge in [0.05, 0.1) is 17.1 Å². The van der Waals surface area contributed by atoms with Crippen LogP contribution in [-0.4, -0.2) is 40.2 Å². The normalized spacial score (nSPS) is 14.9. The number of thioether (sulfide) groups is 1. The number of nitrogens with one attached hydrogen (secondary N) is 1. The number of anilines is 1. The highest BCUT2D eigenvalue weighted by Gasteiger charge is 2.31. The first-order valence-corrected chi connectivity index (χ1v) is 11.2. The predicted octanol–water partition coefficient (Wildman–Crippen LogP) is 4.65. The van der Waals surface area contributed by atoms with E-state index in [-0.39, 0.29) is 24.8 Å². The number of ether oxygens (including phenoxy) is 1. The van der Waals surface area contributed by atoms with Gasteiger partial charge in [0.15, 0.2) is 0 Å². The highest BCUT2D eigenvalue weighted by Crippen LogP contribution is 2.31. The molecule has 1 N–H and O–H groups in total. The summed E-state index contributed by atoms with van der Waals surface area (Å²) in [6.45, 7) is 2.23. The van der Waals surface area contributed by atoms with Crippen LogP contribution in [0.5, 0.6) is 0 Å². The average molecular weight is 467 g/mol. The first-order chi connectivity index (χ1) is 15.5. The molecule has 0 aromatic heterocycles.